The first kappa shape index (κ1) is 19.7. The highest BCUT2D eigenvalue weighted by molar-refractivity contribution is 9.10. The average Bonchev–Trinajstić information content (AvgIpc) is 2.70. The minimum absolute atomic E-state index is 0.0445. The van der Waals surface area contributed by atoms with Gasteiger partial charge < -0.3 is 14.8 Å². The molecule has 0 aromatic heterocycles. The van der Waals surface area contributed by atoms with Crippen molar-refractivity contribution in [3.63, 3.8) is 0 Å². The third-order valence-electron chi connectivity index (χ3n) is 3.97. The SMILES string of the molecule is COc1ccc(Oc2ccc(N/C(C)=C/C(=O)c3ccc(Br)cc3)cc2)cc1. The molecule has 0 atom stereocenters. The number of methoxy groups -OCH3 is 1. The number of halogens is 1. The Labute approximate surface area is 172 Å². The maximum Gasteiger partial charge on any atom is 0.187 e. The third kappa shape index (κ3) is 5.47. The Morgan fingerprint density at radius 3 is 1.96 bits per heavy atom. The maximum atomic E-state index is 12.3. The van der Waals surface area contributed by atoms with Crippen LogP contribution in [-0.2, 0) is 0 Å². The highest BCUT2D eigenvalue weighted by Crippen LogP contribution is 2.25. The summed E-state index contributed by atoms with van der Waals surface area (Å²) in [6.07, 6.45) is 1.59. The Kier molecular flexibility index (Phi) is 6.50. The van der Waals surface area contributed by atoms with Crippen LogP contribution in [0.4, 0.5) is 5.69 Å². The summed E-state index contributed by atoms with van der Waals surface area (Å²) in [7, 11) is 1.63. The van der Waals surface area contributed by atoms with Crippen LogP contribution in [0.3, 0.4) is 0 Å². The summed E-state index contributed by atoms with van der Waals surface area (Å²) in [5.41, 5.74) is 2.28. The zero-order valence-electron chi connectivity index (χ0n) is 15.6. The van der Waals surface area contributed by atoms with Crippen molar-refractivity contribution in [2.75, 3.05) is 12.4 Å². The lowest BCUT2D eigenvalue weighted by Gasteiger charge is -2.09. The second-order valence-electron chi connectivity index (χ2n) is 6.13. The van der Waals surface area contributed by atoms with E-state index in [0.717, 1.165) is 33.1 Å². The van der Waals surface area contributed by atoms with Crippen molar-refractivity contribution in [3.8, 4) is 17.2 Å². The van der Waals surface area contributed by atoms with Gasteiger partial charge in [-0.1, -0.05) is 15.9 Å². The Morgan fingerprint density at radius 2 is 1.39 bits per heavy atom. The number of ether oxygens (including phenoxy) is 2. The molecular weight excluding hydrogens is 418 g/mol. The van der Waals surface area contributed by atoms with Crippen LogP contribution in [-0.4, -0.2) is 12.9 Å². The molecular formula is C23H20BrNO3. The molecule has 3 aromatic carbocycles. The van der Waals surface area contributed by atoms with Crippen LogP contribution < -0.4 is 14.8 Å². The zero-order chi connectivity index (χ0) is 19.9. The van der Waals surface area contributed by atoms with E-state index in [9.17, 15) is 4.79 Å². The van der Waals surface area contributed by atoms with Crippen LogP contribution in [0.1, 0.15) is 17.3 Å². The van der Waals surface area contributed by atoms with E-state index in [1.165, 1.54) is 0 Å². The predicted molar refractivity (Wildman–Crippen MR) is 115 cm³/mol. The number of carbonyl (C=O) groups is 1. The van der Waals surface area contributed by atoms with Gasteiger partial charge in [-0.2, -0.15) is 0 Å². The summed E-state index contributed by atoms with van der Waals surface area (Å²) >= 11 is 3.37. The quantitative estimate of drug-likeness (QED) is 0.340. The number of hydrogen-bond donors (Lipinski definition) is 1. The highest BCUT2D eigenvalue weighted by Gasteiger charge is 2.04. The summed E-state index contributed by atoms with van der Waals surface area (Å²) in [5, 5.41) is 3.22. The monoisotopic (exact) mass is 437 g/mol. The van der Waals surface area contributed by atoms with Crippen molar-refractivity contribution in [1.29, 1.82) is 0 Å². The molecule has 3 rings (SSSR count). The number of carbonyl (C=O) groups excluding carboxylic acids is 1. The molecule has 0 saturated heterocycles. The van der Waals surface area contributed by atoms with E-state index in [1.807, 2.05) is 67.6 Å². The van der Waals surface area contributed by atoms with E-state index in [2.05, 4.69) is 21.2 Å². The van der Waals surface area contributed by atoms with E-state index < -0.39 is 0 Å². The summed E-state index contributed by atoms with van der Waals surface area (Å²) in [4.78, 5) is 12.3. The summed E-state index contributed by atoms with van der Waals surface area (Å²) in [5.74, 6) is 2.20. The van der Waals surface area contributed by atoms with E-state index in [4.69, 9.17) is 9.47 Å². The third-order valence-corrected chi connectivity index (χ3v) is 4.50. The Bertz CT molecular complexity index is 962. The lowest BCUT2D eigenvalue weighted by Crippen LogP contribution is -2.01. The highest BCUT2D eigenvalue weighted by atomic mass is 79.9. The van der Waals surface area contributed by atoms with E-state index in [-0.39, 0.29) is 5.78 Å². The number of nitrogens with one attached hydrogen (secondary N) is 1. The molecule has 0 saturated carbocycles. The van der Waals surface area contributed by atoms with Gasteiger partial charge in [-0.3, -0.25) is 4.79 Å². The van der Waals surface area contributed by atoms with Crippen molar-refractivity contribution in [1.82, 2.24) is 0 Å². The number of rotatable bonds is 7. The molecule has 142 valence electrons. The molecule has 4 nitrogen and oxygen atoms in total. The van der Waals surface area contributed by atoms with E-state index >= 15 is 0 Å². The van der Waals surface area contributed by atoms with Crippen LogP contribution in [0.2, 0.25) is 0 Å². The predicted octanol–water partition coefficient (Wildman–Crippen LogP) is 6.45. The van der Waals surface area contributed by atoms with Gasteiger partial charge in [-0.15, -0.1) is 0 Å². The lowest BCUT2D eigenvalue weighted by molar-refractivity contribution is 0.104. The minimum Gasteiger partial charge on any atom is -0.497 e. The van der Waals surface area contributed by atoms with Gasteiger partial charge in [0.1, 0.15) is 17.2 Å². The second-order valence-corrected chi connectivity index (χ2v) is 7.04. The van der Waals surface area contributed by atoms with E-state index in [1.54, 1.807) is 25.3 Å². The van der Waals surface area contributed by atoms with Crippen molar-refractivity contribution < 1.29 is 14.3 Å². The van der Waals surface area contributed by atoms with Gasteiger partial charge >= 0.3 is 0 Å². The molecule has 3 aromatic rings. The molecule has 0 unspecified atom stereocenters. The molecule has 0 spiro atoms. The smallest absolute Gasteiger partial charge is 0.187 e. The van der Waals surface area contributed by atoms with E-state index in [0.29, 0.717) is 5.56 Å². The number of ketones is 1. The normalized spacial score (nSPS) is 11.0. The molecule has 28 heavy (non-hydrogen) atoms. The van der Waals surface area contributed by atoms with Gasteiger partial charge in [0.15, 0.2) is 5.78 Å². The fraction of sp³-hybridized carbons (Fsp3) is 0.0870. The van der Waals surface area contributed by atoms with Crippen molar-refractivity contribution in [3.05, 3.63) is 94.6 Å². The van der Waals surface area contributed by atoms with Gasteiger partial charge in [0.05, 0.1) is 7.11 Å². The number of allylic oxidation sites excluding steroid dienone is 2. The lowest BCUT2D eigenvalue weighted by atomic mass is 10.1. The van der Waals surface area contributed by atoms with Crippen LogP contribution in [0, 0.1) is 0 Å². The second kappa shape index (κ2) is 9.24. The molecule has 0 amide bonds. The summed E-state index contributed by atoms with van der Waals surface area (Å²) in [6.45, 7) is 1.86. The van der Waals surface area contributed by atoms with Gasteiger partial charge in [0.25, 0.3) is 0 Å². The number of benzene rings is 3. The molecule has 0 radical (unpaired) electrons. The van der Waals surface area contributed by atoms with Crippen LogP contribution in [0.25, 0.3) is 0 Å². The average molecular weight is 438 g/mol. The first-order chi connectivity index (χ1) is 13.5. The first-order valence-corrected chi connectivity index (χ1v) is 9.50. The molecule has 0 aliphatic heterocycles. The Balaban J connectivity index is 1.61. The van der Waals surface area contributed by atoms with Crippen molar-refractivity contribution in [2.45, 2.75) is 6.92 Å². The molecule has 0 heterocycles. The largest absolute Gasteiger partial charge is 0.497 e. The first-order valence-electron chi connectivity index (χ1n) is 8.71. The number of hydrogen-bond acceptors (Lipinski definition) is 4. The maximum absolute atomic E-state index is 12.3. The zero-order valence-corrected chi connectivity index (χ0v) is 17.2. The van der Waals surface area contributed by atoms with Gasteiger partial charge in [-0.05, 0) is 79.7 Å². The van der Waals surface area contributed by atoms with Crippen LogP contribution in [0.15, 0.2) is 89.0 Å². The topological polar surface area (TPSA) is 47.6 Å². The van der Waals surface area contributed by atoms with Gasteiger partial charge in [0, 0.05) is 27.5 Å². The summed E-state index contributed by atoms with van der Waals surface area (Å²) < 4.78 is 11.9. The molecule has 0 aliphatic rings. The Morgan fingerprint density at radius 1 is 0.857 bits per heavy atom. The molecule has 0 bridgehead atoms. The number of anilines is 1. The fourth-order valence-corrected chi connectivity index (χ4v) is 2.81. The molecule has 5 heteroatoms. The molecule has 0 fully saturated rings. The van der Waals surface area contributed by atoms with Crippen LogP contribution in [0.5, 0.6) is 17.2 Å². The van der Waals surface area contributed by atoms with Crippen molar-refractivity contribution in [2.24, 2.45) is 0 Å². The standard InChI is InChI=1S/C23H20BrNO3/c1-16(15-23(26)17-3-5-18(24)6-4-17)25-19-7-9-21(10-8-19)28-22-13-11-20(27-2)12-14-22/h3-15,25H,1-2H3/b16-15+. The Hall–Kier alpha value is -3.05. The van der Waals surface area contributed by atoms with Crippen LogP contribution >= 0.6 is 15.9 Å². The summed E-state index contributed by atoms with van der Waals surface area (Å²) in [6, 6.07) is 22.2. The van der Waals surface area contributed by atoms with Gasteiger partial charge in [0.2, 0.25) is 0 Å². The van der Waals surface area contributed by atoms with Crippen molar-refractivity contribution >= 4 is 27.4 Å². The molecule has 1 N–H and O–H groups in total. The minimum atomic E-state index is -0.0445. The molecule has 0 aliphatic carbocycles. The van der Waals surface area contributed by atoms with Gasteiger partial charge in [-0.25, -0.2) is 0 Å². The fourth-order valence-electron chi connectivity index (χ4n) is 2.54.